The Balaban J connectivity index is 1.64. The number of nitrogens with one attached hydrogen (secondary N) is 1. The highest BCUT2D eigenvalue weighted by Crippen LogP contribution is 2.41. The van der Waals surface area contributed by atoms with E-state index in [1.807, 2.05) is 0 Å². The summed E-state index contributed by atoms with van der Waals surface area (Å²) < 4.78 is 5.86. The van der Waals surface area contributed by atoms with Crippen LogP contribution in [0, 0.1) is 11.3 Å². The van der Waals surface area contributed by atoms with Gasteiger partial charge in [-0.3, -0.25) is 0 Å². The first-order chi connectivity index (χ1) is 7.20. The lowest BCUT2D eigenvalue weighted by Crippen LogP contribution is -2.45. The Morgan fingerprint density at radius 1 is 1.33 bits per heavy atom. The number of hydrogen-bond donors (Lipinski definition) is 1. The van der Waals surface area contributed by atoms with Crippen LogP contribution in [0.3, 0.4) is 0 Å². The van der Waals surface area contributed by atoms with E-state index in [9.17, 15) is 0 Å². The van der Waals surface area contributed by atoms with Crippen molar-refractivity contribution in [1.29, 1.82) is 0 Å². The second-order valence-corrected chi connectivity index (χ2v) is 5.85. The summed E-state index contributed by atoms with van der Waals surface area (Å²) in [5.74, 6) is 0.903. The Bertz CT molecular complexity index is 195. The van der Waals surface area contributed by atoms with Crippen molar-refractivity contribution in [3.05, 3.63) is 0 Å². The van der Waals surface area contributed by atoms with Gasteiger partial charge in [0.1, 0.15) is 0 Å². The van der Waals surface area contributed by atoms with E-state index in [4.69, 9.17) is 4.74 Å². The maximum Gasteiger partial charge on any atom is 0.0534 e. The summed E-state index contributed by atoms with van der Waals surface area (Å²) in [6, 6.07) is 0.603. The van der Waals surface area contributed by atoms with Gasteiger partial charge in [-0.25, -0.2) is 0 Å². The molecule has 88 valence electrons. The summed E-state index contributed by atoms with van der Waals surface area (Å²) in [5, 5.41) is 3.56. The normalized spacial score (nSPS) is 24.2. The van der Waals surface area contributed by atoms with Crippen molar-refractivity contribution in [2.45, 2.75) is 52.0 Å². The predicted molar refractivity (Wildman–Crippen MR) is 63.0 cm³/mol. The van der Waals surface area contributed by atoms with Crippen LogP contribution in [0.25, 0.3) is 0 Å². The minimum atomic E-state index is 0.485. The zero-order valence-electron chi connectivity index (χ0n) is 10.2. The summed E-state index contributed by atoms with van der Waals surface area (Å²) in [4.78, 5) is 0. The van der Waals surface area contributed by atoms with E-state index in [2.05, 4.69) is 19.2 Å². The molecule has 0 aliphatic heterocycles. The average molecular weight is 211 g/mol. The molecule has 2 nitrogen and oxygen atoms in total. The van der Waals surface area contributed by atoms with Crippen molar-refractivity contribution >= 4 is 0 Å². The molecule has 0 saturated heterocycles. The molecule has 0 spiro atoms. The van der Waals surface area contributed by atoms with Crippen LogP contribution < -0.4 is 5.32 Å². The maximum atomic E-state index is 5.86. The molecular formula is C13H25NO. The van der Waals surface area contributed by atoms with Crippen LogP contribution in [-0.2, 0) is 4.74 Å². The fourth-order valence-electron chi connectivity index (χ4n) is 2.20. The van der Waals surface area contributed by atoms with Crippen LogP contribution in [0.1, 0.15) is 46.0 Å². The van der Waals surface area contributed by atoms with E-state index in [0.717, 1.165) is 25.7 Å². The van der Waals surface area contributed by atoms with Gasteiger partial charge in [0.15, 0.2) is 0 Å². The van der Waals surface area contributed by atoms with Crippen LogP contribution in [-0.4, -0.2) is 25.8 Å². The van der Waals surface area contributed by atoms with E-state index in [1.54, 1.807) is 0 Å². The zero-order chi connectivity index (χ0) is 10.7. The van der Waals surface area contributed by atoms with Gasteiger partial charge in [-0.2, -0.15) is 0 Å². The summed E-state index contributed by atoms with van der Waals surface area (Å²) in [7, 11) is 0. The quantitative estimate of drug-likeness (QED) is 0.699. The van der Waals surface area contributed by atoms with E-state index in [-0.39, 0.29) is 0 Å². The lowest BCUT2D eigenvalue weighted by Gasteiger charge is -2.42. The molecule has 2 heteroatoms. The Kier molecular flexibility index (Phi) is 3.68. The molecule has 0 heterocycles. The summed E-state index contributed by atoms with van der Waals surface area (Å²) in [5.41, 5.74) is 0.485. The highest BCUT2D eigenvalue weighted by Gasteiger charge is 2.37. The molecule has 0 amide bonds. The monoisotopic (exact) mass is 211 g/mol. The molecule has 2 rings (SSSR count). The molecule has 0 radical (unpaired) electrons. The molecule has 0 aromatic rings. The Morgan fingerprint density at radius 2 is 2.07 bits per heavy atom. The third-order valence-electron chi connectivity index (χ3n) is 3.76. The summed E-state index contributed by atoms with van der Waals surface area (Å²) in [6.45, 7) is 7.59. The molecule has 0 bridgehead atoms. The molecule has 2 aliphatic rings. The molecule has 15 heavy (non-hydrogen) atoms. The minimum absolute atomic E-state index is 0.485. The van der Waals surface area contributed by atoms with Gasteiger partial charge < -0.3 is 10.1 Å². The lowest BCUT2D eigenvalue weighted by molar-refractivity contribution is -0.0102. The van der Waals surface area contributed by atoms with Gasteiger partial charge in [0, 0.05) is 24.6 Å². The van der Waals surface area contributed by atoms with Gasteiger partial charge >= 0.3 is 0 Å². The molecule has 2 aliphatic carbocycles. The predicted octanol–water partition coefficient (Wildman–Crippen LogP) is 2.58. The van der Waals surface area contributed by atoms with Gasteiger partial charge in [-0.05, 0) is 31.6 Å². The molecular weight excluding hydrogens is 186 g/mol. The fraction of sp³-hybridized carbons (Fsp3) is 1.00. The number of ether oxygens (including phenoxy) is 1. The van der Waals surface area contributed by atoms with Gasteiger partial charge in [-0.15, -0.1) is 0 Å². The van der Waals surface area contributed by atoms with Gasteiger partial charge in [0.25, 0.3) is 0 Å². The lowest BCUT2D eigenvalue weighted by atomic mass is 9.69. The molecule has 0 aromatic heterocycles. The maximum absolute atomic E-state index is 5.86. The van der Waals surface area contributed by atoms with Crippen LogP contribution >= 0.6 is 0 Å². The smallest absolute Gasteiger partial charge is 0.0534 e. The largest absolute Gasteiger partial charge is 0.381 e. The second-order valence-electron chi connectivity index (χ2n) is 5.85. The number of hydrogen-bond acceptors (Lipinski definition) is 2. The van der Waals surface area contributed by atoms with Crippen LogP contribution in [0.4, 0.5) is 0 Å². The first-order valence-electron chi connectivity index (χ1n) is 6.51. The zero-order valence-corrected chi connectivity index (χ0v) is 10.2. The van der Waals surface area contributed by atoms with Crippen molar-refractivity contribution in [1.82, 2.24) is 5.32 Å². The average Bonchev–Trinajstić information content (AvgIpc) is 2.91. The van der Waals surface area contributed by atoms with E-state index < -0.39 is 0 Å². The Hall–Kier alpha value is -0.0800. The topological polar surface area (TPSA) is 21.3 Å². The Morgan fingerprint density at radius 3 is 2.53 bits per heavy atom. The molecule has 1 N–H and O–H groups in total. The molecule has 2 fully saturated rings. The van der Waals surface area contributed by atoms with Crippen LogP contribution in [0.5, 0.6) is 0 Å². The van der Waals surface area contributed by atoms with E-state index >= 15 is 0 Å². The van der Waals surface area contributed by atoms with Crippen molar-refractivity contribution in [3.63, 3.8) is 0 Å². The molecule has 0 aromatic carbocycles. The summed E-state index contributed by atoms with van der Waals surface area (Å²) in [6.07, 6.45) is 6.91. The highest BCUT2D eigenvalue weighted by molar-refractivity contribution is 4.90. The molecule has 2 saturated carbocycles. The second kappa shape index (κ2) is 4.84. The van der Waals surface area contributed by atoms with Gasteiger partial charge in [0.05, 0.1) is 6.61 Å². The SMILES string of the molecule is CC(C)NCC1(COCC2CC2)CCC1. The van der Waals surface area contributed by atoms with E-state index in [0.29, 0.717) is 11.5 Å². The third kappa shape index (κ3) is 3.46. The van der Waals surface area contributed by atoms with Crippen LogP contribution in [0.15, 0.2) is 0 Å². The standard InChI is InChI=1S/C13H25NO/c1-11(2)14-9-13(6-3-7-13)10-15-8-12-4-5-12/h11-12,14H,3-10H2,1-2H3. The first-order valence-corrected chi connectivity index (χ1v) is 6.51. The van der Waals surface area contributed by atoms with Crippen LogP contribution in [0.2, 0.25) is 0 Å². The minimum Gasteiger partial charge on any atom is -0.381 e. The van der Waals surface area contributed by atoms with E-state index in [1.165, 1.54) is 32.1 Å². The van der Waals surface area contributed by atoms with Crippen molar-refractivity contribution in [2.24, 2.45) is 11.3 Å². The van der Waals surface area contributed by atoms with Gasteiger partial charge in [-0.1, -0.05) is 20.3 Å². The van der Waals surface area contributed by atoms with Gasteiger partial charge in [0.2, 0.25) is 0 Å². The third-order valence-corrected chi connectivity index (χ3v) is 3.76. The molecule has 0 unspecified atom stereocenters. The summed E-state index contributed by atoms with van der Waals surface area (Å²) >= 11 is 0. The van der Waals surface area contributed by atoms with Crippen molar-refractivity contribution in [3.8, 4) is 0 Å². The highest BCUT2D eigenvalue weighted by atomic mass is 16.5. The molecule has 0 atom stereocenters. The first kappa shape index (κ1) is 11.4. The number of rotatable bonds is 7. The Labute approximate surface area is 93.8 Å². The van der Waals surface area contributed by atoms with Crippen molar-refractivity contribution < 1.29 is 4.74 Å². The fourth-order valence-corrected chi connectivity index (χ4v) is 2.20. The van der Waals surface area contributed by atoms with Crippen molar-refractivity contribution in [2.75, 3.05) is 19.8 Å².